The van der Waals surface area contributed by atoms with Gasteiger partial charge in [-0.3, -0.25) is 20.3 Å². The molecule has 1 aliphatic carbocycles. The van der Waals surface area contributed by atoms with Crippen LogP contribution in [-0.4, -0.2) is 55.4 Å². The summed E-state index contributed by atoms with van der Waals surface area (Å²) in [5, 5.41) is 28.2. The molecule has 2 N–H and O–H groups in total. The number of hydrazone groups is 1. The molecule has 1 aliphatic heterocycles. The number of fused-ring (bicyclic) bond motifs is 1. The zero-order valence-corrected chi connectivity index (χ0v) is 21.0. The van der Waals surface area contributed by atoms with Crippen molar-refractivity contribution in [3.8, 4) is 5.75 Å². The number of methoxy groups -OCH3 is 1. The van der Waals surface area contributed by atoms with E-state index in [0.29, 0.717) is 5.69 Å². The van der Waals surface area contributed by atoms with Gasteiger partial charge in [-0.05, 0) is 76.8 Å². The zero-order chi connectivity index (χ0) is 24.6. The quantitative estimate of drug-likeness (QED) is 0.380. The number of rotatable bonds is 5. The number of nitrogens with one attached hydrogen (secondary N) is 2. The molecule has 0 bridgehead atoms. The van der Waals surface area contributed by atoms with Gasteiger partial charge in [-0.1, -0.05) is 11.8 Å². The Hall–Kier alpha value is -3.14. The van der Waals surface area contributed by atoms with E-state index >= 15 is 0 Å². The molecule has 0 spiro atoms. The molecule has 1 atom stereocenters. The summed E-state index contributed by atoms with van der Waals surface area (Å²) >= 11 is 1.34. The second-order valence-corrected chi connectivity index (χ2v) is 10.6. The van der Waals surface area contributed by atoms with Crippen molar-refractivity contribution in [2.24, 2.45) is 5.10 Å². The molecule has 1 aromatic carbocycles. The molecular formula is C24H30N6O3S. The summed E-state index contributed by atoms with van der Waals surface area (Å²) in [6.07, 6.45) is 2.51. The van der Waals surface area contributed by atoms with E-state index in [0.717, 1.165) is 47.5 Å². The highest BCUT2D eigenvalue weighted by atomic mass is 32.2. The van der Waals surface area contributed by atoms with Gasteiger partial charge in [0.05, 0.1) is 18.1 Å². The van der Waals surface area contributed by atoms with Crippen LogP contribution in [0.1, 0.15) is 56.6 Å². The minimum Gasteiger partial charge on any atom is -0.497 e. The number of amidine groups is 2. The Morgan fingerprint density at radius 3 is 2.59 bits per heavy atom. The maximum atomic E-state index is 12.4. The van der Waals surface area contributed by atoms with Crippen molar-refractivity contribution in [1.82, 2.24) is 14.8 Å². The van der Waals surface area contributed by atoms with Crippen LogP contribution in [0.5, 0.6) is 5.75 Å². The van der Waals surface area contributed by atoms with Gasteiger partial charge in [-0.2, -0.15) is 15.2 Å². The molecule has 0 fully saturated rings. The van der Waals surface area contributed by atoms with E-state index in [2.05, 4.69) is 10.2 Å². The third-order valence-corrected chi connectivity index (χ3v) is 6.57. The Morgan fingerprint density at radius 1 is 1.24 bits per heavy atom. The fourth-order valence-corrected chi connectivity index (χ4v) is 5.00. The van der Waals surface area contributed by atoms with Gasteiger partial charge >= 0.3 is 5.97 Å². The average molecular weight is 483 g/mol. The van der Waals surface area contributed by atoms with Crippen LogP contribution in [0.15, 0.2) is 29.4 Å². The van der Waals surface area contributed by atoms with Crippen LogP contribution < -0.4 is 4.74 Å². The first-order valence-electron chi connectivity index (χ1n) is 11.2. The largest absolute Gasteiger partial charge is 0.497 e. The molecular weight excluding hydrogens is 452 g/mol. The summed E-state index contributed by atoms with van der Waals surface area (Å²) in [5.74, 6) is 0.429. The minimum atomic E-state index is -0.577. The number of ether oxygens (including phenoxy) is 2. The molecule has 0 amide bonds. The topological polar surface area (TPSA) is 117 Å². The molecule has 1 aromatic heterocycles. The minimum absolute atomic E-state index is 0.00349. The maximum absolute atomic E-state index is 12.4. The van der Waals surface area contributed by atoms with E-state index < -0.39 is 5.60 Å². The van der Waals surface area contributed by atoms with Gasteiger partial charge in [0.2, 0.25) is 0 Å². The Morgan fingerprint density at radius 2 is 1.94 bits per heavy atom. The third kappa shape index (κ3) is 4.86. The second kappa shape index (κ2) is 9.25. The Labute approximate surface area is 203 Å². The van der Waals surface area contributed by atoms with Crippen LogP contribution in [0.2, 0.25) is 0 Å². The van der Waals surface area contributed by atoms with Crippen molar-refractivity contribution in [3.05, 3.63) is 46.8 Å². The Kier molecular flexibility index (Phi) is 6.53. The highest BCUT2D eigenvalue weighted by Gasteiger charge is 2.33. The highest BCUT2D eigenvalue weighted by Crippen LogP contribution is 2.31. The summed E-state index contributed by atoms with van der Waals surface area (Å²) in [7, 11) is 1.62. The van der Waals surface area contributed by atoms with Crippen LogP contribution >= 0.6 is 11.8 Å². The van der Waals surface area contributed by atoms with Crippen LogP contribution in [0.25, 0.3) is 0 Å². The molecule has 10 heteroatoms. The van der Waals surface area contributed by atoms with Gasteiger partial charge in [-0.25, -0.2) is 0 Å². The first-order chi connectivity index (χ1) is 16.1. The van der Waals surface area contributed by atoms with E-state index in [-0.39, 0.29) is 28.8 Å². The molecule has 4 rings (SSSR count). The summed E-state index contributed by atoms with van der Waals surface area (Å²) < 4.78 is 12.4. The van der Waals surface area contributed by atoms with E-state index in [4.69, 9.17) is 20.3 Å². The van der Waals surface area contributed by atoms with Crippen LogP contribution in [0, 0.1) is 10.8 Å². The van der Waals surface area contributed by atoms with Gasteiger partial charge in [0.1, 0.15) is 23.6 Å². The summed E-state index contributed by atoms with van der Waals surface area (Å²) in [5.41, 5.74) is 3.48. The fraction of sp³-hybridized carbons (Fsp3) is 0.458. The maximum Gasteiger partial charge on any atom is 0.328 e. The number of carbonyl (C=O) groups excluding carboxylic acids is 1. The molecule has 180 valence electrons. The molecule has 0 saturated carbocycles. The molecule has 2 heterocycles. The normalized spacial score (nSPS) is 17.9. The van der Waals surface area contributed by atoms with Crippen LogP contribution in [-0.2, 0) is 28.9 Å². The molecule has 0 radical (unpaired) electrons. The predicted octanol–water partition coefficient (Wildman–Crippen LogP) is 3.82. The number of carbonyl (C=O) groups is 1. The zero-order valence-electron chi connectivity index (χ0n) is 20.1. The third-order valence-electron chi connectivity index (χ3n) is 5.60. The molecule has 0 saturated heterocycles. The van der Waals surface area contributed by atoms with Gasteiger partial charge < -0.3 is 9.47 Å². The first kappa shape index (κ1) is 24.0. The SMILES string of the molecule is COc1ccc(C2=NN(C(=N)c3nn(CC(=O)OC(C)(C)C)c4c3CCC4)C(=N)SC2C)cc1. The van der Waals surface area contributed by atoms with Gasteiger partial charge in [-0.15, -0.1) is 0 Å². The van der Waals surface area contributed by atoms with E-state index in [1.54, 1.807) is 11.8 Å². The monoisotopic (exact) mass is 482 g/mol. The van der Waals surface area contributed by atoms with Crippen LogP contribution in [0.3, 0.4) is 0 Å². The van der Waals surface area contributed by atoms with Crippen molar-refractivity contribution in [1.29, 1.82) is 10.8 Å². The van der Waals surface area contributed by atoms with Gasteiger partial charge in [0.25, 0.3) is 0 Å². The number of aromatic nitrogens is 2. The first-order valence-corrected chi connectivity index (χ1v) is 12.1. The lowest BCUT2D eigenvalue weighted by atomic mass is 10.1. The molecule has 2 aromatic rings. The lowest BCUT2D eigenvalue weighted by Crippen LogP contribution is -2.39. The van der Waals surface area contributed by atoms with Crippen LogP contribution in [0.4, 0.5) is 0 Å². The summed E-state index contributed by atoms with van der Waals surface area (Å²) in [6.45, 7) is 7.49. The molecule has 9 nitrogen and oxygen atoms in total. The lowest BCUT2D eigenvalue weighted by molar-refractivity contribution is -0.155. The fourth-order valence-electron chi connectivity index (χ4n) is 4.14. The summed E-state index contributed by atoms with van der Waals surface area (Å²) in [6, 6.07) is 7.60. The number of esters is 1. The predicted molar refractivity (Wildman–Crippen MR) is 133 cm³/mol. The smallest absolute Gasteiger partial charge is 0.328 e. The Bertz CT molecular complexity index is 1160. The van der Waals surface area contributed by atoms with Crippen molar-refractivity contribution in [2.75, 3.05) is 7.11 Å². The molecule has 34 heavy (non-hydrogen) atoms. The number of benzene rings is 1. The summed E-state index contributed by atoms with van der Waals surface area (Å²) in [4.78, 5) is 12.4. The number of thioether (sulfide) groups is 1. The van der Waals surface area contributed by atoms with E-state index in [9.17, 15) is 4.79 Å². The number of hydrogen-bond acceptors (Lipinski definition) is 8. The van der Waals surface area contributed by atoms with E-state index in [1.165, 1.54) is 16.8 Å². The number of nitrogens with zero attached hydrogens (tertiary/aromatic N) is 4. The van der Waals surface area contributed by atoms with Gasteiger partial charge in [0, 0.05) is 11.3 Å². The van der Waals surface area contributed by atoms with Crippen molar-refractivity contribution in [3.63, 3.8) is 0 Å². The lowest BCUT2D eigenvalue weighted by Gasteiger charge is -2.28. The second-order valence-electron chi connectivity index (χ2n) is 9.31. The van der Waals surface area contributed by atoms with Crippen molar-refractivity contribution in [2.45, 2.75) is 64.4 Å². The molecule has 1 unspecified atom stereocenters. The Balaban J connectivity index is 1.64. The average Bonchev–Trinajstić information content (AvgIpc) is 3.36. The molecule has 2 aliphatic rings. The van der Waals surface area contributed by atoms with Gasteiger partial charge in [0.15, 0.2) is 11.0 Å². The number of hydrogen-bond donors (Lipinski definition) is 2. The highest BCUT2D eigenvalue weighted by molar-refractivity contribution is 8.14. The standard InChI is InChI=1S/C24H30N6O3S/c1-14-20(15-9-11-16(32-5)12-10-15)28-30(23(26)34-14)22(25)21-17-7-6-8-18(17)29(27-21)13-19(31)33-24(2,3)4/h9-12,14,25-26H,6-8,13H2,1-5H3. The van der Waals surface area contributed by atoms with Crippen molar-refractivity contribution < 1.29 is 14.3 Å². The van der Waals surface area contributed by atoms with Crippen molar-refractivity contribution >= 4 is 34.4 Å². The van der Waals surface area contributed by atoms with E-state index in [1.807, 2.05) is 52.0 Å².